The van der Waals surface area contributed by atoms with Crippen molar-refractivity contribution in [2.24, 2.45) is 22.7 Å². The molecular formula is C32H41FN4O4. The first kappa shape index (κ1) is 29.2. The highest BCUT2D eigenvalue weighted by atomic mass is 19.1. The van der Waals surface area contributed by atoms with E-state index in [-0.39, 0.29) is 23.7 Å². The van der Waals surface area contributed by atoms with Gasteiger partial charge < -0.3 is 20.1 Å². The molecule has 0 bridgehead atoms. The van der Waals surface area contributed by atoms with Crippen molar-refractivity contribution in [3.63, 3.8) is 0 Å². The number of hydrogen-bond donors (Lipinski definition) is 2. The Balaban J connectivity index is 1.29. The monoisotopic (exact) mass is 564 g/mol. The molecule has 5 rings (SSSR count). The zero-order valence-electron chi connectivity index (χ0n) is 24.4. The molecule has 1 saturated carbocycles. The number of anilines is 1. The van der Waals surface area contributed by atoms with Gasteiger partial charge in [0, 0.05) is 37.2 Å². The smallest absolute Gasteiger partial charge is 0.407 e. The fourth-order valence-corrected chi connectivity index (χ4v) is 6.48. The highest BCUT2D eigenvalue weighted by Crippen LogP contribution is 2.40. The summed E-state index contributed by atoms with van der Waals surface area (Å²) in [6.45, 7) is 9.10. The van der Waals surface area contributed by atoms with Gasteiger partial charge in [-0.05, 0) is 100.0 Å². The maximum absolute atomic E-state index is 15.0. The summed E-state index contributed by atoms with van der Waals surface area (Å²) in [6, 6.07) is 1.28. The minimum atomic E-state index is -0.610. The third-order valence-electron chi connectivity index (χ3n) is 8.32. The lowest BCUT2D eigenvalue weighted by atomic mass is 9.76. The van der Waals surface area contributed by atoms with Crippen LogP contribution < -0.4 is 10.6 Å². The van der Waals surface area contributed by atoms with Crippen molar-refractivity contribution < 1.29 is 23.5 Å². The average Bonchev–Trinajstić information content (AvgIpc) is 2.92. The Morgan fingerprint density at radius 2 is 1.88 bits per heavy atom. The molecule has 0 radical (unpaired) electrons. The number of carbonyl (C=O) groups excluding carboxylic acids is 2. The third kappa shape index (κ3) is 7.12. The second kappa shape index (κ2) is 12.3. The van der Waals surface area contributed by atoms with Gasteiger partial charge >= 0.3 is 6.09 Å². The van der Waals surface area contributed by atoms with Crippen LogP contribution in [0.3, 0.4) is 0 Å². The SMILES string of the molecule is C[C@@H]1C[C@H](NC(=O)OC(C)(C)C)C[C@H](c2ccncc2NC(=O)C2=CC=C(F)C3C=C(C4CCOCC4)C=NC23)C1. The number of aromatic nitrogens is 1. The van der Waals surface area contributed by atoms with Crippen molar-refractivity contribution in [3.8, 4) is 0 Å². The standard InChI is InChI=1S/C32H41FN4O4/c1-19-13-21(15-23(14-19)36-31(39)41-32(2,3)4)24-7-10-34-18-28(24)37-30(38)25-5-6-27(33)26-16-22(17-35-29(25)26)20-8-11-40-12-9-20/h5-7,10,16-21,23,26,29H,8-9,11-15H2,1-4H3,(H,36,39)(H,37,38)/t19-,21+,23-,26?,29?/m0/s1. The van der Waals surface area contributed by atoms with Crippen molar-refractivity contribution in [2.45, 2.75) is 83.4 Å². The van der Waals surface area contributed by atoms with Crippen molar-refractivity contribution in [2.75, 3.05) is 18.5 Å². The predicted molar refractivity (Wildman–Crippen MR) is 156 cm³/mol. The Bertz CT molecular complexity index is 1270. The summed E-state index contributed by atoms with van der Waals surface area (Å²) >= 11 is 0. The molecule has 3 heterocycles. The van der Waals surface area contributed by atoms with Gasteiger partial charge in [-0.15, -0.1) is 0 Å². The van der Waals surface area contributed by atoms with E-state index in [0.717, 1.165) is 43.2 Å². The first-order valence-electron chi connectivity index (χ1n) is 14.7. The van der Waals surface area contributed by atoms with E-state index in [2.05, 4.69) is 27.5 Å². The minimum Gasteiger partial charge on any atom is -0.444 e. The Kier molecular flexibility index (Phi) is 8.73. The summed E-state index contributed by atoms with van der Waals surface area (Å²) < 4.78 is 25.9. The van der Waals surface area contributed by atoms with E-state index >= 15 is 0 Å². The van der Waals surface area contributed by atoms with E-state index in [9.17, 15) is 14.0 Å². The van der Waals surface area contributed by atoms with Crippen LogP contribution in [0.2, 0.25) is 0 Å². The maximum Gasteiger partial charge on any atom is 0.407 e. The van der Waals surface area contributed by atoms with Gasteiger partial charge in [0.2, 0.25) is 0 Å². The van der Waals surface area contributed by atoms with Gasteiger partial charge in [0.25, 0.3) is 5.91 Å². The first-order valence-corrected chi connectivity index (χ1v) is 14.7. The Morgan fingerprint density at radius 3 is 2.63 bits per heavy atom. The molecule has 0 aromatic carbocycles. The normalized spacial score (nSPS) is 28.5. The van der Waals surface area contributed by atoms with Crippen LogP contribution in [0.5, 0.6) is 0 Å². The van der Waals surface area contributed by atoms with Crippen molar-refractivity contribution >= 4 is 23.9 Å². The van der Waals surface area contributed by atoms with Crippen molar-refractivity contribution in [1.29, 1.82) is 0 Å². The van der Waals surface area contributed by atoms with Crippen LogP contribution in [0.25, 0.3) is 0 Å². The summed E-state index contributed by atoms with van der Waals surface area (Å²) in [5.41, 5.74) is 2.47. The number of nitrogens with one attached hydrogen (secondary N) is 2. The molecule has 41 heavy (non-hydrogen) atoms. The highest BCUT2D eigenvalue weighted by molar-refractivity contribution is 6.06. The molecular weight excluding hydrogens is 523 g/mol. The van der Waals surface area contributed by atoms with E-state index in [1.54, 1.807) is 12.4 Å². The second-order valence-electron chi connectivity index (χ2n) is 12.7. The van der Waals surface area contributed by atoms with E-state index in [0.29, 0.717) is 36.3 Å². The Morgan fingerprint density at radius 1 is 1.10 bits per heavy atom. The average molecular weight is 565 g/mol. The number of nitrogens with zero attached hydrogens (tertiary/aromatic N) is 2. The number of pyridine rings is 1. The van der Waals surface area contributed by atoms with Gasteiger partial charge in [0.15, 0.2) is 0 Å². The number of aliphatic imine (C=N–C) groups is 1. The van der Waals surface area contributed by atoms with E-state index in [4.69, 9.17) is 9.47 Å². The number of alkyl carbamates (subject to hydrolysis) is 1. The predicted octanol–water partition coefficient (Wildman–Crippen LogP) is 6.03. The molecule has 2 fully saturated rings. The molecule has 8 nitrogen and oxygen atoms in total. The maximum atomic E-state index is 15.0. The molecule has 1 saturated heterocycles. The van der Waals surface area contributed by atoms with Crippen LogP contribution in [-0.2, 0) is 14.3 Å². The number of allylic oxidation sites excluding steroid dienone is 3. The van der Waals surface area contributed by atoms with Crippen LogP contribution in [-0.4, -0.2) is 54.1 Å². The summed E-state index contributed by atoms with van der Waals surface area (Å²) in [5.74, 6) is -0.404. The van der Waals surface area contributed by atoms with Crippen LogP contribution in [0, 0.1) is 17.8 Å². The second-order valence-corrected chi connectivity index (χ2v) is 12.7. The fraction of sp³-hybridized carbons (Fsp3) is 0.562. The number of halogens is 1. The highest BCUT2D eigenvalue weighted by Gasteiger charge is 2.37. The number of dihydropyridines is 1. The van der Waals surface area contributed by atoms with Gasteiger partial charge in [-0.3, -0.25) is 14.8 Å². The minimum absolute atomic E-state index is 0.0430. The zero-order chi connectivity index (χ0) is 29.1. The molecule has 1 aromatic heterocycles. The molecule has 220 valence electrons. The lowest BCUT2D eigenvalue weighted by Gasteiger charge is -2.35. The van der Waals surface area contributed by atoms with Crippen molar-refractivity contribution in [1.82, 2.24) is 10.3 Å². The third-order valence-corrected chi connectivity index (χ3v) is 8.32. The Hall–Kier alpha value is -3.33. The molecule has 2 aliphatic heterocycles. The molecule has 1 aromatic rings. The molecule has 2 unspecified atom stereocenters. The summed E-state index contributed by atoms with van der Waals surface area (Å²) in [4.78, 5) is 35.0. The first-order chi connectivity index (χ1) is 19.6. The van der Waals surface area contributed by atoms with E-state index in [1.165, 1.54) is 12.2 Å². The number of carbonyl (C=O) groups is 2. The molecule has 2 N–H and O–H groups in total. The number of fused-ring (bicyclic) bond motifs is 1. The van der Waals surface area contributed by atoms with Crippen molar-refractivity contribution in [3.05, 3.63) is 59.2 Å². The number of amides is 2. The number of hydrogen-bond acceptors (Lipinski definition) is 6. The molecule has 2 aliphatic carbocycles. The van der Waals surface area contributed by atoms with Crippen LogP contribution in [0.1, 0.15) is 71.3 Å². The summed E-state index contributed by atoms with van der Waals surface area (Å²) in [7, 11) is 0. The number of ether oxygens (including phenoxy) is 2. The molecule has 4 aliphatic rings. The van der Waals surface area contributed by atoms with Gasteiger partial charge in [0.1, 0.15) is 11.4 Å². The van der Waals surface area contributed by atoms with Crippen LogP contribution in [0.4, 0.5) is 14.9 Å². The topological polar surface area (TPSA) is 102 Å². The van der Waals surface area contributed by atoms with Gasteiger partial charge in [-0.1, -0.05) is 13.0 Å². The molecule has 5 atom stereocenters. The summed E-state index contributed by atoms with van der Waals surface area (Å²) in [6.07, 6.45) is 13.9. The zero-order valence-corrected chi connectivity index (χ0v) is 24.4. The fourth-order valence-electron chi connectivity index (χ4n) is 6.48. The molecule has 9 heteroatoms. The van der Waals surface area contributed by atoms with Gasteiger partial charge in [-0.2, -0.15) is 0 Å². The lowest BCUT2D eigenvalue weighted by molar-refractivity contribution is -0.113. The largest absolute Gasteiger partial charge is 0.444 e. The lowest BCUT2D eigenvalue weighted by Crippen LogP contribution is -2.42. The quantitative estimate of drug-likeness (QED) is 0.455. The summed E-state index contributed by atoms with van der Waals surface area (Å²) in [5, 5.41) is 6.09. The van der Waals surface area contributed by atoms with Gasteiger partial charge in [-0.25, -0.2) is 9.18 Å². The van der Waals surface area contributed by atoms with E-state index < -0.39 is 23.7 Å². The molecule has 2 amide bonds. The molecule has 0 spiro atoms. The van der Waals surface area contributed by atoms with Gasteiger partial charge in [0.05, 0.1) is 23.8 Å². The van der Waals surface area contributed by atoms with Crippen LogP contribution in [0.15, 0.2) is 58.7 Å². The van der Waals surface area contributed by atoms with E-state index in [1.807, 2.05) is 39.1 Å². The Labute approximate surface area is 241 Å². The van der Waals surface area contributed by atoms with Crippen LogP contribution >= 0.6 is 0 Å². The number of rotatable bonds is 5.